The van der Waals surface area contributed by atoms with Crippen LogP contribution in [0.3, 0.4) is 0 Å². The number of fused-ring (bicyclic) bond motifs is 3. The Kier molecular flexibility index (Phi) is 8.55. The van der Waals surface area contributed by atoms with Gasteiger partial charge >= 0.3 is 0 Å². The second kappa shape index (κ2) is 14.4. The molecule has 10 aromatic rings. The van der Waals surface area contributed by atoms with E-state index < -0.39 is 0 Å². The minimum atomic E-state index is 1.08. The summed E-state index contributed by atoms with van der Waals surface area (Å²) < 4.78 is 2.40. The average molecular weight is 715 g/mol. The second-order valence-electron chi connectivity index (χ2n) is 14.1. The van der Waals surface area contributed by atoms with E-state index in [0.29, 0.717) is 0 Å². The Labute approximate surface area is 327 Å². The second-order valence-corrected chi connectivity index (χ2v) is 14.1. The molecule has 0 atom stereocenters. The molecule has 2 nitrogen and oxygen atoms in total. The summed E-state index contributed by atoms with van der Waals surface area (Å²) in [6.45, 7) is 0. The van der Waals surface area contributed by atoms with E-state index in [9.17, 15) is 0 Å². The fraction of sp³-hybridized carbons (Fsp3) is 0. The van der Waals surface area contributed by atoms with Crippen molar-refractivity contribution in [3.05, 3.63) is 231 Å². The Morgan fingerprint density at radius 2 is 0.732 bits per heavy atom. The molecule has 0 radical (unpaired) electrons. The van der Waals surface area contributed by atoms with Gasteiger partial charge in [-0.1, -0.05) is 182 Å². The standard InChI is InChI=1S/C54H38N2/c1-4-18-39(19-5-1)45-24-10-11-25-46(45)41-32-34-43(35-33-41)55(52-30-16-14-28-49(52)48-27-13-12-26-47(48)40-20-6-2-7-21-40)44-36-37-51-50-29-15-17-31-53(50)56(54(51)38-44)42-22-8-3-9-23-42/h1-38H. The van der Waals surface area contributed by atoms with Crippen LogP contribution < -0.4 is 4.90 Å². The molecule has 9 aromatic carbocycles. The van der Waals surface area contributed by atoms with E-state index >= 15 is 0 Å². The number of benzene rings is 9. The SMILES string of the molecule is c1ccc(-c2ccccc2-c2ccc(N(c3ccc4c5ccccc5n(-c5ccccc5)c4c3)c3ccccc3-c3ccccc3-c3ccccc3)cc2)cc1. The Morgan fingerprint density at radius 3 is 1.38 bits per heavy atom. The van der Waals surface area contributed by atoms with Crippen LogP contribution in [0.1, 0.15) is 0 Å². The molecule has 1 aromatic heterocycles. The lowest BCUT2D eigenvalue weighted by atomic mass is 9.92. The molecular weight excluding hydrogens is 677 g/mol. The first-order valence-corrected chi connectivity index (χ1v) is 19.2. The van der Waals surface area contributed by atoms with Gasteiger partial charge in [0.25, 0.3) is 0 Å². The van der Waals surface area contributed by atoms with Gasteiger partial charge in [0.05, 0.1) is 16.7 Å². The van der Waals surface area contributed by atoms with Gasteiger partial charge in [-0.15, -0.1) is 0 Å². The number of aromatic nitrogens is 1. The maximum atomic E-state index is 2.43. The number of nitrogens with zero attached hydrogens (tertiary/aromatic N) is 2. The lowest BCUT2D eigenvalue weighted by molar-refractivity contribution is 1.18. The van der Waals surface area contributed by atoms with E-state index in [2.05, 4.69) is 240 Å². The quantitative estimate of drug-likeness (QED) is 0.152. The first-order chi connectivity index (χ1) is 27.8. The molecule has 0 bridgehead atoms. The van der Waals surface area contributed by atoms with Crippen LogP contribution in [0.2, 0.25) is 0 Å². The van der Waals surface area contributed by atoms with Crippen LogP contribution in [0.4, 0.5) is 17.1 Å². The highest BCUT2D eigenvalue weighted by Gasteiger charge is 2.21. The van der Waals surface area contributed by atoms with Gasteiger partial charge in [-0.2, -0.15) is 0 Å². The number of hydrogen-bond acceptors (Lipinski definition) is 1. The first-order valence-electron chi connectivity index (χ1n) is 19.2. The molecule has 0 saturated heterocycles. The molecule has 0 aliphatic heterocycles. The smallest absolute Gasteiger partial charge is 0.0561 e. The van der Waals surface area contributed by atoms with Crippen molar-refractivity contribution in [2.45, 2.75) is 0 Å². The van der Waals surface area contributed by atoms with Crippen LogP contribution in [0.5, 0.6) is 0 Å². The molecular formula is C54H38N2. The predicted molar refractivity (Wildman–Crippen MR) is 237 cm³/mol. The van der Waals surface area contributed by atoms with Crippen molar-refractivity contribution < 1.29 is 0 Å². The van der Waals surface area contributed by atoms with Crippen LogP contribution in [0.15, 0.2) is 231 Å². The minimum Gasteiger partial charge on any atom is -0.310 e. The molecule has 0 aliphatic rings. The summed E-state index contributed by atoms with van der Waals surface area (Å²) in [6.07, 6.45) is 0. The third-order valence-electron chi connectivity index (χ3n) is 10.8. The molecule has 264 valence electrons. The Hall–Kier alpha value is -7.42. The normalized spacial score (nSPS) is 11.2. The van der Waals surface area contributed by atoms with Crippen molar-refractivity contribution in [2.24, 2.45) is 0 Å². The Balaban J connectivity index is 1.19. The molecule has 56 heavy (non-hydrogen) atoms. The third-order valence-corrected chi connectivity index (χ3v) is 10.8. The monoisotopic (exact) mass is 714 g/mol. The third kappa shape index (κ3) is 5.95. The van der Waals surface area contributed by atoms with E-state index in [0.717, 1.165) is 33.8 Å². The topological polar surface area (TPSA) is 8.17 Å². The zero-order valence-corrected chi connectivity index (χ0v) is 30.8. The zero-order valence-electron chi connectivity index (χ0n) is 30.8. The van der Waals surface area contributed by atoms with Gasteiger partial charge in [0.2, 0.25) is 0 Å². The lowest BCUT2D eigenvalue weighted by Crippen LogP contribution is -2.11. The van der Waals surface area contributed by atoms with Gasteiger partial charge in [0.15, 0.2) is 0 Å². The maximum Gasteiger partial charge on any atom is 0.0561 e. The van der Waals surface area contributed by atoms with E-state index in [1.807, 2.05) is 0 Å². The molecule has 0 saturated carbocycles. The summed E-state index contributed by atoms with van der Waals surface area (Å²) in [6, 6.07) is 83.1. The summed E-state index contributed by atoms with van der Waals surface area (Å²) in [5.74, 6) is 0. The van der Waals surface area contributed by atoms with Gasteiger partial charge < -0.3 is 9.47 Å². The Morgan fingerprint density at radius 1 is 0.286 bits per heavy atom. The fourth-order valence-corrected chi connectivity index (χ4v) is 8.26. The van der Waals surface area contributed by atoms with Gasteiger partial charge in [-0.05, 0) is 87.5 Å². The van der Waals surface area contributed by atoms with Crippen LogP contribution in [0, 0.1) is 0 Å². The summed E-state index contributed by atoms with van der Waals surface area (Å²) in [5.41, 5.74) is 16.3. The lowest BCUT2D eigenvalue weighted by Gasteiger charge is -2.29. The predicted octanol–water partition coefficient (Wildman–Crippen LogP) is 14.9. The molecule has 0 amide bonds. The van der Waals surface area contributed by atoms with Crippen molar-refractivity contribution in [2.75, 3.05) is 4.90 Å². The zero-order chi connectivity index (χ0) is 37.3. The summed E-state index contributed by atoms with van der Waals surface area (Å²) in [7, 11) is 0. The van der Waals surface area contributed by atoms with Crippen LogP contribution in [-0.4, -0.2) is 4.57 Å². The summed E-state index contributed by atoms with van der Waals surface area (Å²) >= 11 is 0. The Bertz CT molecular complexity index is 2940. The van der Waals surface area contributed by atoms with Crippen LogP contribution in [-0.2, 0) is 0 Å². The van der Waals surface area contributed by atoms with E-state index in [1.54, 1.807) is 0 Å². The summed E-state index contributed by atoms with van der Waals surface area (Å²) in [4.78, 5) is 2.43. The largest absolute Gasteiger partial charge is 0.310 e. The van der Waals surface area contributed by atoms with Crippen molar-refractivity contribution in [3.63, 3.8) is 0 Å². The van der Waals surface area contributed by atoms with Crippen molar-refractivity contribution >= 4 is 38.9 Å². The number of anilines is 3. The van der Waals surface area contributed by atoms with Crippen LogP contribution in [0.25, 0.3) is 72.0 Å². The van der Waals surface area contributed by atoms with Gasteiger partial charge in [0, 0.05) is 33.4 Å². The maximum absolute atomic E-state index is 2.43. The van der Waals surface area contributed by atoms with E-state index in [1.165, 1.54) is 55.2 Å². The van der Waals surface area contributed by atoms with Crippen molar-refractivity contribution in [3.8, 4) is 50.2 Å². The van der Waals surface area contributed by atoms with Gasteiger partial charge in [-0.25, -0.2) is 0 Å². The number of rotatable bonds is 8. The molecule has 2 heteroatoms. The summed E-state index contributed by atoms with van der Waals surface area (Å²) in [5, 5.41) is 2.46. The average Bonchev–Trinajstić information content (AvgIpc) is 3.61. The first kappa shape index (κ1) is 33.2. The van der Waals surface area contributed by atoms with Crippen LogP contribution >= 0.6 is 0 Å². The van der Waals surface area contributed by atoms with Gasteiger partial charge in [0.1, 0.15) is 0 Å². The molecule has 1 heterocycles. The van der Waals surface area contributed by atoms with Gasteiger partial charge in [-0.3, -0.25) is 0 Å². The molecule has 0 unspecified atom stereocenters. The minimum absolute atomic E-state index is 1.08. The highest BCUT2D eigenvalue weighted by molar-refractivity contribution is 6.10. The fourth-order valence-electron chi connectivity index (χ4n) is 8.26. The molecule has 0 fully saturated rings. The van der Waals surface area contributed by atoms with E-state index in [-0.39, 0.29) is 0 Å². The van der Waals surface area contributed by atoms with Crippen molar-refractivity contribution in [1.29, 1.82) is 0 Å². The molecule has 0 aliphatic carbocycles. The number of hydrogen-bond donors (Lipinski definition) is 0. The molecule has 0 N–H and O–H groups in total. The van der Waals surface area contributed by atoms with Crippen molar-refractivity contribution in [1.82, 2.24) is 4.57 Å². The molecule has 10 rings (SSSR count). The number of para-hydroxylation sites is 3. The highest BCUT2D eigenvalue weighted by Crippen LogP contribution is 2.45. The molecule has 0 spiro atoms. The van der Waals surface area contributed by atoms with E-state index in [4.69, 9.17) is 0 Å². The highest BCUT2D eigenvalue weighted by atomic mass is 15.1.